The third kappa shape index (κ3) is 2.77. The number of nitrogens with one attached hydrogen (secondary N) is 1. The topological polar surface area (TPSA) is 46.2 Å². The average Bonchev–Trinajstić information content (AvgIpc) is 2.66. The molecule has 2 rings (SSSR count). The van der Waals surface area contributed by atoms with Gasteiger partial charge in [-0.15, -0.1) is 0 Å². The van der Waals surface area contributed by atoms with Gasteiger partial charge in [0.25, 0.3) is 0 Å². The van der Waals surface area contributed by atoms with E-state index in [1.165, 1.54) is 12.1 Å². The molecule has 0 bridgehead atoms. The van der Waals surface area contributed by atoms with Crippen molar-refractivity contribution in [1.29, 1.82) is 0 Å². The van der Waals surface area contributed by atoms with Crippen molar-refractivity contribution in [2.75, 3.05) is 0 Å². The standard InChI is InChI=1S/C13H12F3NO2/c1-7(10-6-11(18)17-12(10)19)8-3-2-4-9(5-8)13(14,15)16/h2-5,7,10H,6H2,1H3,(H,17,18,19). The van der Waals surface area contributed by atoms with Crippen LogP contribution in [0.15, 0.2) is 24.3 Å². The molecule has 6 heteroatoms. The maximum Gasteiger partial charge on any atom is 0.416 e. The van der Waals surface area contributed by atoms with Gasteiger partial charge < -0.3 is 0 Å². The molecule has 0 radical (unpaired) electrons. The molecule has 1 heterocycles. The predicted molar refractivity (Wildman–Crippen MR) is 61.1 cm³/mol. The molecule has 19 heavy (non-hydrogen) atoms. The molecular formula is C13H12F3NO2. The number of carbonyl (C=O) groups is 2. The van der Waals surface area contributed by atoms with Crippen LogP contribution in [0, 0.1) is 5.92 Å². The van der Waals surface area contributed by atoms with Crippen LogP contribution in [0.25, 0.3) is 0 Å². The molecule has 3 nitrogen and oxygen atoms in total. The lowest BCUT2D eigenvalue weighted by atomic mass is 9.86. The molecule has 2 atom stereocenters. The maximum atomic E-state index is 12.6. The summed E-state index contributed by atoms with van der Waals surface area (Å²) in [6, 6.07) is 4.86. The van der Waals surface area contributed by atoms with Crippen molar-refractivity contribution >= 4 is 11.8 Å². The molecule has 0 saturated carbocycles. The summed E-state index contributed by atoms with van der Waals surface area (Å²) in [7, 11) is 0. The lowest BCUT2D eigenvalue weighted by Crippen LogP contribution is -2.24. The van der Waals surface area contributed by atoms with Crippen molar-refractivity contribution in [2.24, 2.45) is 5.92 Å². The molecule has 1 N–H and O–H groups in total. The van der Waals surface area contributed by atoms with Gasteiger partial charge in [0.2, 0.25) is 11.8 Å². The summed E-state index contributed by atoms with van der Waals surface area (Å²) in [6.07, 6.45) is -4.39. The molecule has 1 aliphatic heterocycles. The van der Waals surface area contributed by atoms with E-state index in [2.05, 4.69) is 5.32 Å². The van der Waals surface area contributed by atoms with E-state index in [0.717, 1.165) is 12.1 Å². The van der Waals surface area contributed by atoms with Crippen LogP contribution in [0.1, 0.15) is 30.4 Å². The van der Waals surface area contributed by atoms with Crippen LogP contribution in [-0.2, 0) is 15.8 Å². The SMILES string of the molecule is CC(c1cccc(C(F)(F)F)c1)C1CC(=O)NC1=O. The van der Waals surface area contributed by atoms with E-state index in [4.69, 9.17) is 0 Å². The van der Waals surface area contributed by atoms with Crippen LogP contribution in [0.5, 0.6) is 0 Å². The number of halogens is 3. The zero-order valence-corrected chi connectivity index (χ0v) is 10.1. The zero-order valence-electron chi connectivity index (χ0n) is 10.1. The van der Waals surface area contributed by atoms with Crippen LogP contribution in [-0.4, -0.2) is 11.8 Å². The number of hydrogen-bond donors (Lipinski definition) is 1. The van der Waals surface area contributed by atoms with Gasteiger partial charge in [0, 0.05) is 6.42 Å². The fraction of sp³-hybridized carbons (Fsp3) is 0.385. The van der Waals surface area contributed by atoms with E-state index in [1.807, 2.05) is 0 Å². The fourth-order valence-corrected chi connectivity index (χ4v) is 2.21. The number of rotatable bonds is 2. The van der Waals surface area contributed by atoms with E-state index in [9.17, 15) is 22.8 Å². The highest BCUT2D eigenvalue weighted by molar-refractivity contribution is 6.03. The summed E-state index contributed by atoms with van der Waals surface area (Å²) in [4.78, 5) is 22.6. The van der Waals surface area contributed by atoms with Crippen LogP contribution in [0.4, 0.5) is 13.2 Å². The normalized spacial score (nSPS) is 21.4. The Labute approximate surface area is 107 Å². The van der Waals surface area contributed by atoms with E-state index in [0.29, 0.717) is 5.56 Å². The molecule has 0 aliphatic carbocycles. The highest BCUT2D eigenvalue weighted by Crippen LogP contribution is 2.34. The van der Waals surface area contributed by atoms with E-state index < -0.39 is 29.5 Å². The van der Waals surface area contributed by atoms with Crippen LogP contribution in [0.3, 0.4) is 0 Å². The summed E-state index contributed by atoms with van der Waals surface area (Å²) in [5, 5.41) is 2.16. The molecule has 0 spiro atoms. The van der Waals surface area contributed by atoms with Crippen molar-refractivity contribution in [2.45, 2.75) is 25.4 Å². The summed E-state index contributed by atoms with van der Waals surface area (Å²) in [5.41, 5.74) is -0.341. The van der Waals surface area contributed by atoms with E-state index in [1.54, 1.807) is 6.92 Å². The Morgan fingerprint density at radius 3 is 2.53 bits per heavy atom. The van der Waals surface area contributed by atoms with Gasteiger partial charge in [-0.1, -0.05) is 25.1 Å². The number of hydrogen-bond acceptors (Lipinski definition) is 2. The lowest BCUT2D eigenvalue weighted by Gasteiger charge is -2.18. The molecule has 2 amide bonds. The van der Waals surface area contributed by atoms with Crippen molar-refractivity contribution in [3.63, 3.8) is 0 Å². The van der Waals surface area contributed by atoms with Gasteiger partial charge in [-0.25, -0.2) is 0 Å². The third-order valence-electron chi connectivity index (χ3n) is 3.35. The quantitative estimate of drug-likeness (QED) is 0.840. The lowest BCUT2D eigenvalue weighted by molar-refractivity contribution is -0.137. The van der Waals surface area contributed by atoms with Gasteiger partial charge in [0.05, 0.1) is 11.5 Å². The number of benzene rings is 1. The smallest absolute Gasteiger partial charge is 0.296 e. The predicted octanol–water partition coefficient (Wildman–Crippen LogP) is 2.47. The van der Waals surface area contributed by atoms with Crippen LogP contribution >= 0.6 is 0 Å². The minimum absolute atomic E-state index is 0.0241. The van der Waals surface area contributed by atoms with Crippen LogP contribution < -0.4 is 5.32 Å². The number of amides is 2. The summed E-state index contributed by atoms with van der Waals surface area (Å²) >= 11 is 0. The first-order valence-corrected chi connectivity index (χ1v) is 5.80. The van der Waals surface area contributed by atoms with Crippen molar-refractivity contribution in [1.82, 2.24) is 5.32 Å². The Morgan fingerprint density at radius 2 is 2.00 bits per heavy atom. The number of imide groups is 1. The largest absolute Gasteiger partial charge is 0.416 e. The maximum absolute atomic E-state index is 12.6. The Morgan fingerprint density at radius 1 is 1.32 bits per heavy atom. The average molecular weight is 271 g/mol. The molecule has 1 fully saturated rings. The van der Waals surface area contributed by atoms with Crippen molar-refractivity contribution in [3.8, 4) is 0 Å². The number of carbonyl (C=O) groups excluding carboxylic acids is 2. The van der Waals surface area contributed by atoms with Gasteiger partial charge in [-0.05, 0) is 17.5 Å². The summed E-state index contributed by atoms with van der Waals surface area (Å²) in [5.74, 6) is -1.84. The molecule has 1 aromatic carbocycles. The summed E-state index contributed by atoms with van der Waals surface area (Å²) in [6.45, 7) is 1.65. The first kappa shape index (κ1) is 13.6. The van der Waals surface area contributed by atoms with Gasteiger partial charge in [-0.2, -0.15) is 13.2 Å². The monoisotopic (exact) mass is 271 g/mol. The van der Waals surface area contributed by atoms with Gasteiger partial charge in [0.15, 0.2) is 0 Å². The Balaban J connectivity index is 2.27. The van der Waals surface area contributed by atoms with Crippen molar-refractivity contribution in [3.05, 3.63) is 35.4 Å². The third-order valence-corrected chi connectivity index (χ3v) is 3.35. The first-order chi connectivity index (χ1) is 8.79. The Bertz CT molecular complexity index is 525. The second kappa shape index (κ2) is 4.68. The first-order valence-electron chi connectivity index (χ1n) is 5.80. The molecular weight excluding hydrogens is 259 g/mol. The molecule has 2 unspecified atom stereocenters. The molecule has 1 aromatic rings. The fourth-order valence-electron chi connectivity index (χ4n) is 2.21. The van der Waals surface area contributed by atoms with Gasteiger partial charge in [0.1, 0.15) is 0 Å². The second-order valence-corrected chi connectivity index (χ2v) is 4.63. The minimum Gasteiger partial charge on any atom is -0.296 e. The van der Waals surface area contributed by atoms with Crippen LogP contribution in [0.2, 0.25) is 0 Å². The van der Waals surface area contributed by atoms with Gasteiger partial charge in [-0.3, -0.25) is 14.9 Å². The highest BCUT2D eigenvalue weighted by Gasteiger charge is 2.36. The zero-order chi connectivity index (χ0) is 14.2. The van der Waals surface area contributed by atoms with Crippen molar-refractivity contribution < 1.29 is 22.8 Å². The Kier molecular flexibility index (Phi) is 3.34. The molecule has 0 aromatic heterocycles. The number of alkyl halides is 3. The Hall–Kier alpha value is -1.85. The minimum atomic E-state index is -4.41. The summed E-state index contributed by atoms with van der Waals surface area (Å²) < 4.78 is 37.8. The molecule has 1 aliphatic rings. The van der Waals surface area contributed by atoms with Gasteiger partial charge >= 0.3 is 6.18 Å². The van der Waals surface area contributed by atoms with E-state index >= 15 is 0 Å². The second-order valence-electron chi connectivity index (χ2n) is 4.63. The highest BCUT2D eigenvalue weighted by atomic mass is 19.4. The molecule has 102 valence electrons. The van der Waals surface area contributed by atoms with E-state index in [-0.39, 0.29) is 12.3 Å². The molecule has 1 saturated heterocycles.